The van der Waals surface area contributed by atoms with Crippen molar-refractivity contribution in [3.8, 4) is 0 Å². The SMILES string of the molecule is CN(C)C(=O)C(O)(C(=O)N(C)C)c1ccccc1. The first-order chi connectivity index (χ1) is 8.31. The molecular weight excluding hydrogens is 232 g/mol. The summed E-state index contributed by atoms with van der Waals surface area (Å²) < 4.78 is 0. The number of nitrogens with zero attached hydrogens (tertiary/aromatic N) is 2. The van der Waals surface area contributed by atoms with Crippen molar-refractivity contribution in [3.05, 3.63) is 35.9 Å². The lowest BCUT2D eigenvalue weighted by Crippen LogP contribution is -2.54. The summed E-state index contributed by atoms with van der Waals surface area (Å²) in [5.41, 5.74) is -1.91. The number of carbonyl (C=O) groups excluding carboxylic acids is 2. The van der Waals surface area contributed by atoms with Crippen LogP contribution in [0, 0.1) is 0 Å². The Labute approximate surface area is 107 Å². The lowest BCUT2D eigenvalue weighted by atomic mass is 9.91. The van der Waals surface area contributed by atoms with E-state index >= 15 is 0 Å². The zero-order valence-electron chi connectivity index (χ0n) is 11.0. The molecule has 98 valence electrons. The van der Waals surface area contributed by atoms with Gasteiger partial charge >= 0.3 is 0 Å². The maximum atomic E-state index is 12.1. The normalized spacial score (nSPS) is 10.9. The smallest absolute Gasteiger partial charge is 0.268 e. The molecule has 0 radical (unpaired) electrons. The van der Waals surface area contributed by atoms with E-state index in [0.29, 0.717) is 0 Å². The molecule has 2 amide bonds. The van der Waals surface area contributed by atoms with Gasteiger partial charge in [0.15, 0.2) is 0 Å². The third kappa shape index (κ3) is 2.36. The molecule has 18 heavy (non-hydrogen) atoms. The minimum atomic E-state index is -2.17. The van der Waals surface area contributed by atoms with Gasteiger partial charge in [-0.25, -0.2) is 0 Å². The molecule has 0 fully saturated rings. The number of hydrogen-bond acceptors (Lipinski definition) is 3. The lowest BCUT2D eigenvalue weighted by molar-refractivity contribution is -0.165. The van der Waals surface area contributed by atoms with Crippen LogP contribution in [0.3, 0.4) is 0 Å². The highest BCUT2D eigenvalue weighted by Crippen LogP contribution is 2.25. The number of amides is 2. The molecule has 0 saturated heterocycles. The van der Waals surface area contributed by atoms with E-state index in [9.17, 15) is 14.7 Å². The highest BCUT2D eigenvalue weighted by molar-refractivity contribution is 6.08. The number of rotatable bonds is 3. The molecule has 1 rings (SSSR count). The highest BCUT2D eigenvalue weighted by Gasteiger charge is 2.47. The number of hydrogen-bond donors (Lipinski definition) is 1. The fraction of sp³-hybridized carbons (Fsp3) is 0.385. The van der Waals surface area contributed by atoms with Crippen LogP contribution in [0.25, 0.3) is 0 Å². The van der Waals surface area contributed by atoms with Gasteiger partial charge in [0, 0.05) is 33.8 Å². The second-order valence-electron chi connectivity index (χ2n) is 4.48. The molecule has 0 bridgehead atoms. The van der Waals surface area contributed by atoms with Crippen molar-refractivity contribution in [1.29, 1.82) is 0 Å². The van der Waals surface area contributed by atoms with Crippen molar-refractivity contribution in [2.75, 3.05) is 28.2 Å². The van der Waals surface area contributed by atoms with E-state index in [0.717, 1.165) is 0 Å². The average molecular weight is 250 g/mol. The monoisotopic (exact) mass is 250 g/mol. The van der Waals surface area contributed by atoms with Crippen LogP contribution < -0.4 is 0 Å². The first-order valence-electron chi connectivity index (χ1n) is 5.53. The standard InChI is InChI=1S/C13H18N2O3/c1-14(2)11(16)13(18,12(17)15(3)4)10-8-6-5-7-9-10/h5-9,18H,1-4H3. The fourth-order valence-corrected chi connectivity index (χ4v) is 1.66. The molecule has 0 saturated carbocycles. The van der Waals surface area contributed by atoms with Crippen LogP contribution in [0.15, 0.2) is 30.3 Å². The summed E-state index contributed by atoms with van der Waals surface area (Å²) in [5.74, 6) is -1.32. The first-order valence-corrected chi connectivity index (χ1v) is 5.53. The summed E-state index contributed by atoms with van der Waals surface area (Å²) in [5, 5.41) is 10.6. The second-order valence-corrected chi connectivity index (χ2v) is 4.48. The molecule has 5 heteroatoms. The predicted octanol–water partition coefficient (Wildman–Crippen LogP) is 0.0506. The molecule has 0 aromatic heterocycles. The van der Waals surface area contributed by atoms with E-state index in [1.807, 2.05) is 0 Å². The molecule has 0 aliphatic rings. The quantitative estimate of drug-likeness (QED) is 0.771. The topological polar surface area (TPSA) is 60.9 Å². The summed E-state index contributed by atoms with van der Waals surface area (Å²) in [6.45, 7) is 0. The van der Waals surface area contributed by atoms with Gasteiger partial charge in [0.2, 0.25) is 5.60 Å². The number of benzene rings is 1. The maximum absolute atomic E-state index is 12.1. The van der Waals surface area contributed by atoms with Gasteiger partial charge in [0.1, 0.15) is 0 Å². The van der Waals surface area contributed by atoms with Crippen LogP contribution in [-0.2, 0) is 15.2 Å². The van der Waals surface area contributed by atoms with Crippen LogP contribution in [0.5, 0.6) is 0 Å². The van der Waals surface area contributed by atoms with Crippen molar-refractivity contribution < 1.29 is 14.7 Å². The molecule has 5 nitrogen and oxygen atoms in total. The molecule has 1 aromatic rings. The third-order valence-electron chi connectivity index (χ3n) is 2.62. The van der Waals surface area contributed by atoms with Gasteiger partial charge in [-0.2, -0.15) is 0 Å². The fourth-order valence-electron chi connectivity index (χ4n) is 1.66. The van der Waals surface area contributed by atoms with Crippen molar-refractivity contribution >= 4 is 11.8 Å². The van der Waals surface area contributed by atoms with Crippen molar-refractivity contribution in [2.24, 2.45) is 0 Å². The highest BCUT2D eigenvalue weighted by atomic mass is 16.3. The Morgan fingerprint density at radius 2 is 1.33 bits per heavy atom. The van der Waals surface area contributed by atoms with Crippen LogP contribution in [0.2, 0.25) is 0 Å². The van der Waals surface area contributed by atoms with Crippen molar-refractivity contribution in [1.82, 2.24) is 9.80 Å². The molecule has 0 spiro atoms. The molecule has 0 aliphatic heterocycles. The van der Waals surface area contributed by atoms with E-state index in [1.165, 1.54) is 38.0 Å². The van der Waals surface area contributed by atoms with Gasteiger partial charge in [-0.1, -0.05) is 30.3 Å². The second kappa shape index (κ2) is 5.18. The van der Waals surface area contributed by atoms with Crippen LogP contribution in [-0.4, -0.2) is 54.9 Å². The van der Waals surface area contributed by atoms with Gasteiger partial charge in [0.25, 0.3) is 11.8 Å². The number of aliphatic hydroxyl groups is 1. The van der Waals surface area contributed by atoms with Crippen molar-refractivity contribution in [2.45, 2.75) is 5.60 Å². The van der Waals surface area contributed by atoms with E-state index in [-0.39, 0.29) is 5.56 Å². The zero-order chi connectivity index (χ0) is 13.9. The summed E-state index contributed by atoms with van der Waals surface area (Å²) >= 11 is 0. The van der Waals surface area contributed by atoms with E-state index in [2.05, 4.69) is 0 Å². The Hall–Kier alpha value is -1.88. The molecule has 0 aliphatic carbocycles. The first kappa shape index (κ1) is 14.2. The Kier molecular flexibility index (Phi) is 4.08. The van der Waals surface area contributed by atoms with Gasteiger partial charge in [-0.05, 0) is 0 Å². The molecule has 0 heterocycles. The van der Waals surface area contributed by atoms with Gasteiger partial charge in [0.05, 0.1) is 0 Å². The number of likely N-dealkylation sites (N-methyl/N-ethyl adjacent to an activating group) is 2. The van der Waals surface area contributed by atoms with Crippen LogP contribution >= 0.6 is 0 Å². The van der Waals surface area contributed by atoms with Gasteiger partial charge < -0.3 is 14.9 Å². The summed E-state index contributed by atoms with van der Waals surface area (Å²) in [6.07, 6.45) is 0. The van der Waals surface area contributed by atoms with Gasteiger partial charge in [-0.3, -0.25) is 9.59 Å². The molecule has 0 unspecified atom stereocenters. The van der Waals surface area contributed by atoms with Crippen LogP contribution in [0.4, 0.5) is 0 Å². The Morgan fingerprint density at radius 1 is 0.944 bits per heavy atom. The van der Waals surface area contributed by atoms with Gasteiger partial charge in [-0.15, -0.1) is 0 Å². The number of carbonyl (C=O) groups is 2. The van der Waals surface area contributed by atoms with E-state index < -0.39 is 17.4 Å². The molecule has 1 aromatic carbocycles. The Balaban J connectivity index is 3.35. The average Bonchev–Trinajstić information content (AvgIpc) is 2.36. The Bertz CT molecular complexity index is 421. The minimum Gasteiger partial charge on any atom is -0.368 e. The zero-order valence-corrected chi connectivity index (χ0v) is 11.0. The predicted molar refractivity (Wildman–Crippen MR) is 67.7 cm³/mol. The van der Waals surface area contributed by atoms with E-state index in [4.69, 9.17) is 0 Å². The lowest BCUT2D eigenvalue weighted by Gasteiger charge is -2.31. The summed E-state index contributed by atoms with van der Waals surface area (Å²) in [4.78, 5) is 26.7. The van der Waals surface area contributed by atoms with E-state index in [1.54, 1.807) is 30.3 Å². The Morgan fingerprint density at radius 3 is 1.67 bits per heavy atom. The molecule has 0 atom stereocenters. The van der Waals surface area contributed by atoms with Crippen LogP contribution in [0.1, 0.15) is 5.56 Å². The molecular formula is C13H18N2O3. The maximum Gasteiger partial charge on any atom is 0.268 e. The summed E-state index contributed by atoms with van der Waals surface area (Å²) in [6, 6.07) is 8.22. The summed E-state index contributed by atoms with van der Waals surface area (Å²) in [7, 11) is 6.00. The van der Waals surface area contributed by atoms with Crippen molar-refractivity contribution in [3.63, 3.8) is 0 Å². The largest absolute Gasteiger partial charge is 0.368 e. The third-order valence-corrected chi connectivity index (χ3v) is 2.62. The molecule has 1 N–H and O–H groups in total. The minimum absolute atomic E-state index is 0.266.